The van der Waals surface area contributed by atoms with Crippen molar-refractivity contribution in [2.45, 2.75) is 0 Å². The molecule has 1 heterocycles. The minimum atomic E-state index is -0.360. The molecule has 0 radical (unpaired) electrons. The van der Waals surface area contributed by atoms with Crippen LogP contribution in [0.2, 0.25) is 5.02 Å². The maximum atomic E-state index is 13.0. The predicted molar refractivity (Wildman–Crippen MR) is 120 cm³/mol. The lowest BCUT2D eigenvalue weighted by Gasteiger charge is -2.10. The Bertz CT molecular complexity index is 1310. The third-order valence-corrected chi connectivity index (χ3v) is 4.99. The summed E-state index contributed by atoms with van der Waals surface area (Å²) < 4.78 is 16.6. The van der Waals surface area contributed by atoms with Crippen LogP contribution in [-0.4, -0.2) is 19.6 Å². The van der Waals surface area contributed by atoms with Crippen LogP contribution < -0.4 is 20.2 Å². The zero-order chi connectivity index (χ0) is 21.8. The smallest absolute Gasteiger partial charge is 0.262 e. The van der Waals surface area contributed by atoms with Crippen molar-refractivity contribution in [3.63, 3.8) is 0 Å². The molecule has 6 nitrogen and oxygen atoms in total. The van der Waals surface area contributed by atoms with Crippen LogP contribution in [0.1, 0.15) is 0 Å². The first-order chi connectivity index (χ1) is 15.1. The lowest BCUT2D eigenvalue weighted by atomic mass is 10.0. The van der Waals surface area contributed by atoms with Crippen LogP contribution >= 0.6 is 11.6 Å². The molecule has 0 spiro atoms. The van der Waals surface area contributed by atoms with Gasteiger partial charge in [-0.1, -0.05) is 41.9 Å². The summed E-state index contributed by atoms with van der Waals surface area (Å²) in [7, 11) is 1.55. The van der Waals surface area contributed by atoms with Crippen molar-refractivity contribution in [2.24, 2.45) is 0 Å². The van der Waals surface area contributed by atoms with E-state index in [4.69, 9.17) is 25.5 Å². The zero-order valence-electron chi connectivity index (χ0n) is 16.6. The fourth-order valence-corrected chi connectivity index (χ4v) is 3.33. The molecule has 1 N–H and O–H groups in total. The van der Waals surface area contributed by atoms with E-state index in [0.29, 0.717) is 44.3 Å². The van der Waals surface area contributed by atoms with Gasteiger partial charge in [-0.25, -0.2) is 0 Å². The van der Waals surface area contributed by atoms with Crippen LogP contribution in [0.3, 0.4) is 0 Å². The zero-order valence-corrected chi connectivity index (χ0v) is 17.3. The Morgan fingerprint density at radius 2 is 1.81 bits per heavy atom. The van der Waals surface area contributed by atoms with Gasteiger partial charge in [0, 0.05) is 11.6 Å². The Morgan fingerprint density at radius 1 is 1.03 bits per heavy atom. The number of fused-ring (bicyclic) bond motifs is 1. The van der Waals surface area contributed by atoms with Crippen LogP contribution in [0.5, 0.6) is 11.5 Å². The number of methoxy groups -OCH3 is 1. The van der Waals surface area contributed by atoms with E-state index in [9.17, 15) is 9.59 Å². The molecule has 0 fully saturated rings. The molecule has 7 heteroatoms. The third kappa shape index (κ3) is 4.39. The molecule has 156 valence electrons. The summed E-state index contributed by atoms with van der Waals surface area (Å²) in [5, 5.41) is 3.52. The second-order valence-electron chi connectivity index (χ2n) is 6.65. The number of carbonyl (C=O) groups excluding carboxylic acids is 1. The summed E-state index contributed by atoms with van der Waals surface area (Å²) in [4.78, 5) is 25.1. The number of hydrogen-bond acceptors (Lipinski definition) is 5. The Kier molecular flexibility index (Phi) is 5.91. The first-order valence-electron chi connectivity index (χ1n) is 9.43. The number of ether oxygens (including phenoxy) is 2. The first-order valence-corrected chi connectivity index (χ1v) is 9.81. The monoisotopic (exact) mass is 435 g/mol. The minimum Gasteiger partial charge on any atom is -0.496 e. The molecule has 4 aromatic rings. The molecule has 0 bridgehead atoms. The molecule has 0 unspecified atom stereocenters. The highest BCUT2D eigenvalue weighted by atomic mass is 35.5. The van der Waals surface area contributed by atoms with Crippen LogP contribution in [0.4, 0.5) is 5.69 Å². The minimum absolute atomic E-state index is 0.186. The average Bonchev–Trinajstić information content (AvgIpc) is 2.79. The van der Waals surface area contributed by atoms with Gasteiger partial charge in [0.25, 0.3) is 5.91 Å². The summed E-state index contributed by atoms with van der Waals surface area (Å²) in [5.41, 5.74) is 1.72. The molecule has 31 heavy (non-hydrogen) atoms. The van der Waals surface area contributed by atoms with Crippen molar-refractivity contribution in [1.82, 2.24) is 0 Å². The van der Waals surface area contributed by atoms with Gasteiger partial charge in [-0.15, -0.1) is 0 Å². The largest absolute Gasteiger partial charge is 0.496 e. The van der Waals surface area contributed by atoms with E-state index in [1.54, 1.807) is 61.7 Å². The highest BCUT2D eigenvalue weighted by molar-refractivity contribution is 6.33. The fraction of sp³-hybridized carbons (Fsp3) is 0.0833. The van der Waals surface area contributed by atoms with Crippen molar-refractivity contribution < 1.29 is 18.7 Å². The lowest BCUT2D eigenvalue weighted by Crippen LogP contribution is -2.20. The predicted octanol–water partition coefficient (Wildman–Crippen LogP) is 5.14. The molecule has 0 aliphatic heterocycles. The standard InChI is InChI=1S/C24H18ClNO5/c1-29-21-9-5-2-6-16(21)18-13-31-22-12-15(10-11-17(22)24(18)28)30-14-23(27)26-20-8-4-3-7-19(20)25/h2-13H,14H2,1H3,(H,26,27). The number of para-hydroxylation sites is 2. The van der Waals surface area contributed by atoms with E-state index in [2.05, 4.69) is 5.32 Å². The summed E-state index contributed by atoms with van der Waals surface area (Å²) in [6, 6.07) is 19.0. The van der Waals surface area contributed by atoms with Crippen molar-refractivity contribution in [1.29, 1.82) is 0 Å². The summed E-state index contributed by atoms with van der Waals surface area (Å²) in [6.45, 7) is -0.222. The van der Waals surface area contributed by atoms with E-state index >= 15 is 0 Å². The molecular formula is C24H18ClNO5. The molecule has 0 atom stereocenters. The number of nitrogens with one attached hydrogen (secondary N) is 1. The summed E-state index contributed by atoms with van der Waals surface area (Å²) in [5.74, 6) is 0.620. The van der Waals surface area contributed by atoms with Gasteiger partial charge in [0.1, 0.15) is 23.3 Å². The van der Waals surface area contributed by atoms with Crippen LogP contribution in [0.15, 0.2) is 82.2 Å². The molecule has 3 aromatic carbocycles. The average molecular weight is 436 g/mol. The second kappa shape index (κ2) is 8.93. The normalized spacial score (nSPS) is 10.6. The van der Waals surface area contributed by atoms with Gasteiger partial charge in [-0.2, -0.15) is 0 Å². The number of amides is 1. The Hall–Kier alpha value is -3.77. The molecule has 0 saturated carbocycles. The fourth-order valence-electron chi connectivity index (χ4n) is 3.15. The van der Waals surface area contributed by atoms with Gasteiger partial charge in [-0.3, -0.25) is 9.59 Å². The molecule has 0 saturated heterocycles. The first kappa shape index (κ1) is 20.5. The van der Waals surface area contributed by atoms with E-state index in [1.807, 2.05) is 12.1 Å². The molecular weight excluding hydrogens is 418 g/mol. The van der Waals surface area contributed by atoms with Crippen LogP contribution in [0.25, 0.3) is 22.1 Å². The van der Waals surface area contributed by atoms with Crippen molar-refractivity contribution in [2.75, 3.05) is 19.0 Å². The van der Waals surface area contributed by atoms with E-state index in [-0.39, 0.29) is 17.9 Å². The number of carbonyl (C=O) groups is 1. The molecule has 0 aliphatic carbocycles. The lowest BCUT2D eigenvalue weighted by molar-refractivity contribution is -0.118. The molecule has 4 rings (SSSR count). The number of benzene rings is 3. The number of anilines is 1. The van der Waals surface area contributed by atoms with Crippen molar-refractivity contribution in [3.8, 4) is 22.6 Å². The molecule has 1 aromatic heterocycles. The molecule has 0 aliphatic rings. The third-order valence-electron chi connectivity index (χ3n) is 4.66. The van der Waals surface area contributed by atoms with Gasteiger partial charge >= 0.3 is 0 Å². The van der Waals surface area contributed by atoms with Gasteiger partial charge in [-0.05, 0) is 30.3 Å². The SMILES string of the molecule is COc1ccccc1-c1coc2cc(OCC(=O)Nc3ccccc3Cl)ccc2c1=O. The number of rotatable bonds is 6. The highest BCUT2D eigenvalue weighted by Crippen LogP contribution is 2.29. The van der Waals surface area contributed by atoms with Gasteiger partial charge in [0.15, 0.2) is 6.61 Å². The summed E-state index contributed by atoms with van der Waals surface area (Å²) in [6.07, 6.45) is 1.40. The van der Waals surface area contributed by atoms with E-state index in [1.165, 1.54) is 6.26 Å². The second-order valence-corrected chi connectivity index (χ2v) is 7.06. The Morgan fingerprint density at radius 3 is 2.61 bits per heavy atom. The van der Waals surface area contributed by atoms with Gasteiger partial charge < -0.3 is 19.2 Å². The van der Waals surface area contributed by atoms with Crippen molar-refractivity contribution in [3.05, 3.63) is 88.2 Å². The van der Waals surface area contributed by atoms with Gasteiger partial charge in [0.2, 0.25) is 5.43 Å². The van der Waals surface area contributed by atoms with E-state index in [0.717, 1.165) is 0 Å². The van der Waals surface area contributed by atoms with Crippen LogP contribution in [0, 0.1) is 0 Å². The Labute approximate surface area is 183 Å². The van der Waals surface area contributed by atoms with Crippen molar-refractivity contribution >= 4 is 34.2 Å². The number of halogens is 1. The Balaban J connectivity index is 1.53. The maximum Gasteiger partial charge on any atom is 0.262 e. The van der Waals surface area contributed by atoms with Crippen LogP contribution in [-0.2, 0) is 4.79 Å². The quantitative estimate of drug-likeness (QED) is 0.453. The van der Waals surface area contributed by atoms with Gasteiger partial charge in [0.05, 0.1) is 28.8 Å². The number of hydrogen-bond donors (Lipinski definition) is 1. The highest BCUT2D eigenvalue weighted by Gasteiger charge is 2.14. The summed E-state index contributed by atoms with van der Waals surface area (Å²) >= 11 is 6.04. The van der Waals surface area contributed by atoms with E-state index < -0.39 is 0 Å². The maximum absolute atomic E-state index is 13.0. The topological polar surface area (TPSA) is 77.8 Å². The molecule has 1 amide bonds.